The van der Waals surface area contributed by atoms with Crippen molar-refractivity contribution in [3.8, 4) is 0 Å². The molecule has 1 N–H and O–H groups in total. The zero-order chi connectivity index (χ0) is 13.0. The van der Waals surface area contributed by atoms with Crippen molar-refractivity contribution in [2.75, 3.05) is 11.9 Å². The van der Waals surface area contributed by atoms with Crippen LogP contribution in [0.4, 0.5) is 5.69 Å². The highest BCUT2D eigenvalue weighted by Crippen LogP contribution is 2.21. The number of likely N-dealkylation sites (N-methyl/N-ethyl adjacent to an activating group) is 1. The molecule has 0 spiro atoms. The van der Waals surface area contributed by atoms with E-state index in [4.69, 9.17) is 5.11 Å². The fourth-order valence-corrected chi connectivity index (χ4v) is 1.89. The van der Waals surface area contributed by atoms with Gasteiger partial charge >= 0.3 is 5.97 Å². The first-order valence-electron chi connectivity index (χ1n) is 6.03. The van der Waals surface area contributed by atoms with E-state index in [1.54, 1.807) is 0 Å². The number of hydrogen-bond acceptors (Lipinski definition) is 2. The van der Waals surface area contributed by atoms with E-state index in [1.807, 2.05) is 31.0 Å². The lowest BCUT2D eigenvalue weighted by Crippen LogP contribution is -2.37. The molecule has 1 aromatic rings. The summed E-state index contributed by atoms with van der Waals surface area (Å²) in [6.07, 6.45) is 0.595. The first-order chi connectivity index (χ1) is 7.97. The van der Waals surface area contributed by atoms with Crippen molar-refractivity contribution in [2.24, 2.45) is 0 Å². The molecule has 3 nitrogen and oxygen atoms in total. The lowest BCUT2D eigenvalue weighted by atomic mass is 10.0. The molecule has 0 heterocycles. The first kappa shape index (κ1) is 13.6. The van der Waals surface area contributed by atoms with Crippen LogP contribution in [0.3, 0.4) is 0 Å². The van der Waals surface area contributed by atoms with Crippen LogP contribution in [0.1, 0.15) is 38.7 Å². The molecule has 0 aliphatic carbocycles. The predicted molar refractivity (Wildman–Crippen MR) is 70.6 cm³/mol. The normalized spacial score (nSPS) is 12.5. The third kappa shape index (κ3) is 3.22. The van der Waals surface area contributed by atoms with Crippen LogP contribution in [0.5, 0.6) is 0 Å². The quantitative estimate of drug-likeness (QED) is 0.852. The molecule has 0 bridgehead atoms. The highest BCUT2D eigenvalue weighted by molar-refractivity contribution is 5.78. The molecular formula is C14H21NO2. The molecule has 17 heavy (non-hydrogen) atoms. The summed E-state index contributed by atoms with van der Waals surface area (Å²) >= 11 is 0. The standard InChI is InChI=1S/C14H21NO2/c1-5-13(14(16)17)15(4)12-8-6-11(7-9-12)10(2)3/h6-10,13H,5H2,1-4H3,(H,16,17)/t13-/m1/s1. The van der Waals surface area contributed by atoms with Crippen LogP contribution in [-0.2, 0) is 4.79 Å². The van der Waals surface area contributed by atoms with Gasteiger partial charge in [0.05, 0.1) is 0 Å². The molecule has 1 aromatic carbocycles. The Hall–Kier alpha value is -1.51. The molecule has 0 aliphatic heterocycles. The number of anilines is 1. The monoisotopic (exact) mass is 235 g/mol. The van der Waals surface area contributed by atoms with Crippen LogP contribution >= 0.6 is 0 Å². The summed E-state index contributed by atoms with van der Waals surface area (Å²) in [5.41, 5.74) is 2.22. The molecule has 0 aliphatic rings. The number of nitrogens with zero attached hydrogens (tertiary/aromatic N) is 1. The van der Waals surface area contributed by atoms with Gasteiger partial charge in [-0.25, -0.2) is 4.79 Å². The number of benzene rings is 1. The van der Waals surface area contributed by atoms with Crippen LogP contribution in [0.15, 0.2) is 24.3 Å². The second kappa shape index (κ2) is 5.71. The zero-order valence-electron chi connectivity index (χ0n) is 11.0. The van der Waals surface area contributed by atoms with E-state index in [-0.39, 0.29) is 0 Å². The van der Waals surface area contributed by atoms with Gasteiger partial charge in [0, 0.05) is 12.7 Å². The predicted octanol–water partition coefficient (Wildman–Crippen LogP) is 3.11. The molecule has 0 amide bonds. The summed E-state index contributed by atoms with van der Waals surface area (Å²) in [5.74, 6) is -0.279. The Kier molecular flexibility index (Phi) is 4.55. The van der Waals surface area contributed by atoms with Gasteiger partial charge in [-0.15, -0.1) is 0 Å². The van der Waals surface area contributed by atoms with Gasteiger partial charge in [0.1, 0.15) is 6.04 Å². The lowest BCUT2D eigenvalue weighted by molar-refractivity contribution is -0.138. The van der Waals surface area contributed by atoms with Gasteiger partial charge in [-0.1, -0.05) is 32.9 Å². The van der Waals surface area contributed by atoms with E-state index in [1.165, 1.54) is 5.56 Å². The van der Waals surface area contributed by atoms with Crippen LogP contribution < -0.4 is 4.90 Å². The maximum atomic E-state index is 11.1. The van der Waals surface area contributed by atoms with Crippen LogP contribution in [0.25, 0.3) is 0 Å². The second-order valence-electron chi connectivity index (χ2n) is 4.62. The highest BCUT2D eigenvalue weighted by Gasteiger charge is 2.20. The van der Waals surface area contributed by atoms with Crippen molar-refractivity contribution in [2.45, 2.75) is 39.2 Å². The van der Waals surface area contributed by atoms with E-state index in [2.05, 4.69) is 26.0 Å². The highest BCUT2D eigenvalue weighted by atomic mass is 16.4. The Labute approximate surface area is 103 Å². The minimum atomic E-state index is -0.775. The van der Waals surface area contributed by atoms with Crippen molar-refractivity contribution in [3.05, 3.63) is 29.8 Å². The maximum absolute atomic E-state index is 11.1. The fraction of sp³-hybridized carbons (Fsp3) is 0.500. The topological polar surface area (TPSA) is 40.5 Å². The smallest absolute Gasteiger partial charge is 0.326 e. The van der Waals surface area contributed by atoms with E-state index >= 15 is 0 Å². The average molecular weight is 235 g/mol. The van der Waals surface area contributed by atoms with Crippen LogP contribution in [0, 0.1) is 0 Å². The summed E-state index contributed by atoms with van der Waals surface area (Å²) in [5, 5.41) is 9.11. The molecule has 0 saturated heterocycles. The molecular weight excluding hydrogens is 214 g/mol. The number of carbonyl (C=O) groups is 1. The summed E-state index contributed by atoms with van der Waals surface area (Å²) in [6, 6.07) is 7.64. The lowest BCUT2D eigenvalue weighted by Gasteiger charge is -2.26. The van der Waals surface area contributed by atoms with Gasteiger partial charge in [0.2, 0.25) is 0 Å². The Morgan fingerprint density at radius 3 is 2.18 bits per heavy atom. The fourth-order valence-electron chi connectivity index (χ4n) is 1.89. The maximum Gasteiger partial charge on any atom is 0.326 e. The van der Waals surface area contributed by atoms with E-state index in [9.17, 15) is 4.79 Å². The molecule has 0 aromatic heterocycles. The number of rotatable bonds is 5. The van der Waals surface area contributed by atoms with Crippen molar-refractivity contribution < 1.29 is 9.90 Å². The van der Waals surface area contributed by atoms with E-state index in [0.29, 0.717) is 12.3 Å². The second-order valence-corrected chi connectivity index (χ2v) is 4.62. The Balaban J connectivity index is 2.88. The van der Waals surface area contributed by atoms with Gasteiger partial charge in [-0.2, -0.15) is 0 Å². The Morgan fingerprint density at radius 1 is 1.29 bits per heavy atom. The minimum absolute atomic E-state index is 0.458. The molecule has 0 fully saturated rings. The minimum Gasteiger partial charge on any atom is -0.480 e. The van der Waals surface area contributed by atoms with Gasteiger partial charge in [-0.3, -0.25) is 0 Å². The molecule has 0 unspecified atom stereocenters. The van der Waals surface area contributed by atoms with Gasteiger partial charge < -0.3 is 10.0 Å². The summed E-state index contributed by atoms with van der Waals surface area (Å²) < 4.78 is 0. The molecule has 1 atom stereocenters. The Morgan fingerprint density at radius 2 is 1.82 bits per heavy atom. The van der Waals surface area contributed by atoms with Crippen LogP contribution in [0.2, 0.25) is 0 Å². The number of carboxylic acid groups (broad SMARTS) is 1. The summed E-state index contributed by atoms with van der Waals surface area (Å²) in [6.45, 7) is 6.17. The van der Waals surface area contributed by atoms with Crippen molar-refractivity contribution in [1.82, 2.24) is 0 Å². The molecule has 1 rings (SSSR count). The molecule has 0 radical (unpaired) electrons. The number of carboxylic acids is 1. The van der Waals surface area contributed by atoms with E-state index in [0.717, 1.165) is 5.69 Å². The molecule has 3 heteroatoms. The van der Waals surface area contributed by atoms with Crippen molar-refractivity contribution >= 4 is 11.7 Å². The van der Waals surface area contributed by atoms with Crippen molar-refractivity contribution in [3.63, 3.8) is 0 Å². The van der Waals surface area contributed by atoms with Crippen LogP contribution in [-0.4, -0.2) is 24.2 Å². The molecule has 94 valence electrons. The van der Waals surface area contributed by atoms with E-state index < -0.39 is 12.0 Å². The first-order valence-corrected chi connectivity index (χ1v) is 6.03. The third-order valence-electron chi connectivity index (χ3n) is 3.11. The number of aliphatic carboxylic acids is 1. The van der Waals surface area contributed by atoms with Crippen molar-refractivity contribution in [1.29, 1.82) is 0 Å². The largest absolute Gasteiger partial charge is 0.480 e. The SMILES string of the molecule is CC[C@H](C(=O)O)N(C)c1ccc(C(C)C)cc1. The Bertz CT molecular complexity index is 370. The van der Waals surface area contributed by atoms with Gasteiger partial charge in [0.25, 0.3) is 0 Å². The zero-order valence-corrected chi connectivity index (χ0v) is 11.0. The number of hydrogen-bond donors (Lipinski definition) is 1. The van der Waals surface area contributed by atoms with Gasteiger partial charge in [0.15, 0.2) is 0 Å². The third-order valence-corrected chi connectivity index (χ3v) is 3.11. The molecule has 0 saturated carbocycles. The summed E-state index contributed by atoms with van der Waals surface area (Å²) in [4.78, 5) is 12.9. The summed E-state index contributed by atoms with van der Waals surface area (Å²) in [7, 11) is 1.83. The average Bonchev–Trinajstić information content (AvgIpc) is 2.29. The van der Waals surface area contributed by atoms with Gasteiger partial charge in [-0.05, 0) is 30.0 Å².